The molecule has 6 aromatic carbocycles. The number of rotatable bonds is 12. The van der Waals surface area contributed by atoms with Crippen molar-refractivity contribution in [3.63, 3.8) is 0 Å². The third-order valence-electron chi connectivity index (χ3n) is 16.1. The summed E-state index contributed by atoms with van der Waals surface area (Å²) in [6, 6.07) is 64.0. The van der Waals surface area contributed by atoms with Gasteiger partial charge in [-0.1, -0.05) is 161 Å². The summed E-state index contributed by atoms with van der Waals surface area (Å²) in [5.74, 6) is -2.15. The molecule has 0 saturated heterocycles. The molecule has 0 spiro atoms. The zero-order chi connectivity index (χ0) is 58.0. The molecule has 0 fully saturated rings. The van der Waals surface area contributed by atoms with Crippen molar-refractivity contribution in [1.29, 1.82) is 0 Å². The van der Waals surface area contributed by atoms with Gasteiger partial charge in [0, 0.05) is 35.6 Å². The summed E-state index contributed by atoms with van der Waals surface area (Å²) in [7, 11) is 0. The molecule has 410 valence electrons. The standard InChI is InChI=1S/C56H48N2.C12H8N2O4.2CNS.Ru/c1-5-55(6-2)49-31-39(37-15-11-9-12-16-37)19-23-45(49)47-25-21-41(33-51(47)55)43-27-29-57-53(35-43)54-36-44(28-30-58-54)42-22-26-48-46-24-20-40(38-17-13-10-14-18-38)32-50(46)56(7-3,8-4)52(48)34-42;15-11(16)7-1-3-13-9(5-7)10-6-8(12(17)18)2-4-14-10;2*2-1-3;/h9-36H,5-8H2,1-4H3;1-6H,(H,15,16)(H,17,18);;;/q;;2*-1;+2. The van der Waals surface area contributed by atoms with Gasteiger partial charge < -0.3 is 21.0 Å². The second-order valence-electron chi connectivity index (χ2n) is 19.9. The summed E-state index contributed by atoms with van der Waals surface area (Å²) >= 11 is 7.40. The normalized spacial score (nSPS) is 12.2. The van der Waals surface area contributed by atoms with Crippen LogP contribution in [0.5, 0.6) is 0 Å². The van der Waals surface area contributed by atoms with Crippen molar-refractivity contribution in [2.75, 3.05) is 0 Å². The second kappa shape index (κ2) is 26.8. The maximum atomic E-state index is 10.8. The molecule has 4 aromatic heterocycles. The van der Waals surface area contributed by atoms with Crippen molar-refractivity contribution in [3.8, 4) is 89.5 Å². The van der Waals surface area contributed by atoms with Gasteiger partial charge in [-0.15, -0.1) is 0 Å². The van der Waals surface area contributed by atoms with Crippen LogP contribution >= 0.6 is 24.4 Å². The van der Waals surface area contributed by atoms with Crippen LogP contribution in [0.1, 0.15) is 96.3 Å². The van der Waals surface area contributed by atoms with E-state index in [0.29, 0.717) is 11.4 Å². The van der Waals surface area contributed by atoms with E-state index in [9.17, 15) is 9.59 Å². The van der Waals surface area contributed by atoms with E-state index < -0.39 is 11.9 Å². The summed E-state index contributed by atoms with van der Waals surface area (Å²) in [4.78, 5) is 39.3. The Morgan fingerprint density at radius 2 is 0.639 bits per heavy atom. The molecule has 10 nitrogen and oxygen atoms in total. The summed E-state index contributed by atoms with van der Waals surface area (Å²) in [6.07, 6.45) is 10.7. The Bertz CT molecular complexity index is 3820. The molecule has 0 atom stereocenters. The van der Waals surface area contributed by atoms with E-state index in [0.717, 1.165) is 48.2 Å². The summed E-state index contributed by atoms with van der Waals surface area (Å²) in [6.45, 7) is 9.39. The zero-order valence-corrected chi connectivity index (χ0v) is 49.4. The molecule has 2 aliphatic rings. The molecule has 0 amide bonds. The van der Waals surface area contributed by atoms with Crippen LogP contribution < -0.4 is 0 Å². The maximum absolute atomic E-state index is 10.8. The van der Waals surface area contributed by atoms with Crippen LogP contribution in [0.2, 0.25) is 0 Å². The van der Waals surface area contributed by atoms with E-state index in [2.05, 4.69) is 220 Å². The molecule has 83 heavy (non-hydrogen) atoms. The van der Waals surface area contributed by atoms with Gasteiger partial charge in [-0.3, -0.25) is 19.9 Å². The topological polar surface area (TPSA) is 171 Å². The van der Waals surface area contributed by atoms with E-state index >= 15 is 0 Å². The molecule has 0 radical (unpaired) electrons. The van der Waals surface area contributed by atoms with Crippen LogP contribution in [0.4, 0.5) is 0 Å². The first-order valence-electron chi connectivity index (χ1n) is 27.0. The fourth-order valence-electron chi connectivity index (χ4n) is 11.9. The van der Waals surface area contributed by atoms with Crippen LogP contribution in [0.3, 0.4) is 0 Å². The Morgan fingerprint density at radius 3 is 0.916 bits per heavy atom. The Hall–Kier alpha value is -8.92. The van der Waals surface area contributed by atoms with Crippen molar-refractivity contribution in [2.24, 2.45) is 0 Å². The number of thiocarbonyl (C=S) groups is 2. The van der Waals surface area contributed by atoms with Crippen molar-refractivity contribution in [3.05, 3.63) is 251 Å². The van der Waals surface area contributed by atoms with Gasteiger partial charge in [0.2, 0.25) is 0 Å². The average Bonchev–Trinajstić information content (AvgIpc) is 2.02. The average molecular weight is 1210 g/mol. The Labute approximate surface area is 507 Å². The SMILES string of the molecule is CCC1(CC)c2cc(-c3ccccc3)ccc2-c2ccc(-c3ccnc(-c4cc(-c5ccc6c(c5)C(CC)(CC)c5cc(-c7ccccc7)ccc5-6)ccn4)c3)cc21.O=C(O)c1ccnc(-c2cc(C(=O)O)ccn2)c1.[N-]=C=S.[N-]=C=S.[Ru+2]. The number of isothiocyanates is 2. The monoisotopic (exact) mass is 1210 g/mol. The third kappa shape index (κ3) is 12.0. The number of carboxylic acids is 2. The largest absolute Gasteiger partial charge is 2.00 e. The van der Waals surface area contributed by atoms with Gasteiger partial charge >= 0.3 is 31.4 Å². The number of benzene rings is 6. The molecule has 0 saturated carbocycles. The number of hydrogen-bond donors (Lipinski definition) is 2. The van der Waals surface area contributed by atoms with Gasteiger partial charge in [0.15, 0.2) is 0 Å². The summed E-state index contributed by atoms with van der Waals surface area (Å²) in [5.41, 5.74) is 23.5. The maximum Gasteiger partial charge on any atom is 2.00 e. The van der Waals surface area contributed by atoms with Gasteiger partial charge in [0.05, 0.1) is 33.9 Å². The first-order valence-corrected chi connectivity index (χ1v) is 27.8. The number of carboxylic acid groups (broad SMARTS) is 2. The van der Waals surface area contributed by atoms with Crippen LogP contribution in [0.15, 0.2) is 207 Å². The van der Waals surface area contributed by atoms with Crippen LogP contribution in [0.25, 0.3) is 100 Å². The number of nitrogens with zero attached hydrogens (tertiary/aromatic N) is 6. The number of fused-ring (bicyclic) bond motifs is 6. The molecule has 0 aliphatic heterocycles. The van der Waals surface area contributed by atoms with Crippen LogP contribution in [-0.2, 0) is 30.3 Å². The Morgan fingerprint density at radius 1 is 0.386 bits per heavy atom. The minimum Gasteiger partial charge on any atom is -0.753 e. The second-order valence-corrected chi connectivity index (χ2v) is 20.2. The predicted molar refractivity (Wildman–Crippen MR) is 336 cm³/mol. The molecular formula is C70H56N6O4RuS2. The fourth-order valence-corrected chi connectivity index (χ4v) is 11.9. The van der Waals surface area contributed by atoms with Crippen molar-refractivity contribution in [1.82, 2.24) is 19.9 Å². The quantitative estimate of drug-likeness (QED) is 0.0681. The van der Waals surface area contributed by atoms with Gasteiger partial charge in [-0.05, 0) is 187 Å². The molecule has 2 aliphatic carbocycles. The van der Waals surface area contributed by atoms with Gasteiger partial charge in [0.25, 0.3) is 0 Å². The van der Waals surface area contributed by atoms with E-state index in [1.165, 1.54) is 125 Å². The minimum absolute atomic E-state index is 0. The van der Waals surface area contributed by atoms with Crippen LogP contribution in [0, 0.1) is 0 Å². The molecule has 2 N–H and O–H groups in total. The van der Waals surface area contributed by atoms with E-state index in [1.54, 1.807) is 0 Å². The van der Waals surface area contributed by atoms with E-state index in [1.807, 2.05) is 12.4 Å². The first kappa shape index (κ1) is 60.2. The molecular weight excluding hydrogens is 1150 g/mol. The number of aromatic carboxylic acids is 2. The first-order chi connectivity index (χ1) is 39.9. The fraction of sp³-hybridized carbons (Fsp3) is 0.143. The zero-order valence-electron chi connectivity index (χ0n) is 46.0. The molecule has 0 unspecified atom stereocenters. The summed E-state index contributed by atoms with van der Waals surface area (Å²) < 4.78 is 0. The smallest absolute Gasteiger partial charge is 0.753 e. The number of aromatic nitrogens is 4. The summed E-state index contributed by atoms with van der Waals surface area (Å²) in [5, 5.41) is 34.6. The minimum atomic E-state index is -1.08. The number of pyridine rings is 4. The molecule has 4 heterocycles. The van der Waals surface area contributed by atoms with Gasteiger partial charge in [-0.25, -0.2) is 9.59 Å². The third-order valence-corrected chi connectivity index (χ3v) is 16.1. The number of carbonyl (C=O) groups is 2. The van der Waals surface area contributed by atoms with Gasteiger partial charge in [-0.2, -0.15) is 10.3 Å². The molecule has 0 bridgehead atoms. The van der Waals surface area contributed by atoms with E-state index in [4.69, 9.17) is 31.0 Å². The molecule has 10 aromatic rings. The van der Waals surface area contributed by atoms with E-state index in [-0.39, 0.29) is 41.4 Å². The molecule has 13 heteroatoms. The Kier molecular flexibility index (Phi) is 19.4. The van der Waals surface area contributed by atoms with Crippen molar-refractivity contribution < 1.29 is 39.3 Å². The van der Waals surface area contributed by atoms with Gasteiger partial charge in [0.1, 0.15) is 0 Å². The van der Waals surface area contributed by atoms with Crippen LogP contribution in [-0.4, -0.2) is 52.4 Å². The Balaban J connectivity index is 0.000000302. The van der Waals surface area contributed by atoms with Crippen molar-refractivity contribution >= 4 is 46.7 Å². The number of hydrogen-bond acceptors (Lipinski definition) is 8. The van der Waals surface area contributed by atoms with Crippen molar-refractivity contribution in [2.45, 2.75) is 64.2 Å². The predicted octanol–water partition coefficient (Wildman–Crippen LogP) is 17.8. The molecule has 12 rings (SSSR count).